The molecule has 2 aromatic rings. The number of ether oxygens (including phenoxy) is 2. The first-order chi connectivity index (χ1) is 11.9. The van der Waals surface area contributed by atoms with Crippen LogP contribution in [0.25, 0.3) is 0 Å². The van der Waals surface area contributed by atoms with Crippen LogP contribution >= 0.6 is 11.6 Å². The van der Waals surface area contributed by atoms with E-state index in [0.717, 1.165) is 5.56 Å². The smallest absolute Gasteiger partial charge is 0.342 e. The highest BCUT2D eigenvalue weighted by atomic mass is 35.5. The van der Waals surface area contributed by atoms with Crippen molar-refractivity contribution in [2.45, 2.75) is 19.6 Å². The molecule has 0 aliphatic rings. The summed E-state index contributed by atoms with van der Waals surface area (Å²) in [5, 5.41) is 13.1. The zero-order chi connectivity index (χ0) is 18.4. The van der Waals surface area contributed by atoms with Gasteiger partial charge in [0.25, 0.3) is 5.91 Å². The van der Waals surface area contributed by atoms with Gasteiger partial charge in [-0.15, -0.1) is 0 Å². The lowest BCUT2D eigenvalue weighted by molar-refractivity contribution is -0.129. The summed E-state index contributed by atoms with van der Waals surface area (Å²) in [6.07, 6.45) is -1.04. The lowest BCUT2D eigenvalue weighted by atomic mass is 10.2. The van der Waals surface area contributed by atoms with Gasteiger partial charge < -0.3 is 19.9 Å². The summed E-state index contributed by atoms with van der Waals surface area (Å²) in [7, 11) is 1.37. The minimum absolute atomic E-state index is 0.0786. The van der Waals surface area contributed by atoms with Gasteiger partial charge in [0.15, 0.2) is 17.6 Å². The third-order valence-electron chi connectivity index (χ3n) is 3.50. The number of halogens is 1. The normalized spacial score (nSPS) is 11.5. The second-order valence-corrected chi connectivity index (χ2v) is 5.62. The van der Waals surface area contributed by atoms with Gasteiger partial charge in [-0.1, -0.05) is 35.9 Å². The number of aromatic hydroxyl groups is 1. The summed E-state index contributed by atoms with van der Waals surface area (Å²) in [6.45, 7) is 1.65. The molecule has 2 aromatic carbocycles. The molecule has 0 radical (unpaired) electrons. The molecule has 132 valence electrons. The van der Waals surface area contributed by atoms with Crippen molar-refractivity contribution >= 4 is 23.5 Å². The Morgan fingerprint density at radius 2 is 1.92 bits per heavy atom. The fourth-order valence-corrected chi connectivity index (χ4v) is 2.30. The highest BCUT2D eigenvalue weighted by Gasteiger charge is 2.22. The molecule has 0 heterocycles. The zero-order valence-electron chi connectivity index (χ0n) is 13.8. The van der Waals surface area contributed by atoms with E-state index in [-0.39, 0.29) is 23.6 Å². The van der Waals surface area contributed by atoms with E-state index in [1.165, 1.54) is 32.2 Å². The fraction of sp³-hybridized carbons (Fsp3) is 0.222. The first kappa shape index (κ1) is 18.6. The molecular weight excluding hydrogens is 346 g/mol. The number of methoxy groups -OCH3 is 1. The third-order valence-corrected chi connectivity index (χ3v) is 3.87. The number of carbonyl (C=O) groups excluding carboxylic acids is 2. The second-order valence-electron chi connectivity index (χ2n) is 5.21. The summed E-state index contributed by atoms with van der Waals surface area (Å²) < 4.78 is 10.0. The van der Waals surface area contributed by atoms with Crippen LogP contribution in [0.5, 0.6) is 11.5 Å². The van der Waals surface area contributed by atoms with Gasteiger partial charge in [-0.3, -0.25) is 4.79 Å². The SMILES string of the molecule is COc1cccc(C(=O)OC(C)C(=O)NCc2ccccc2Cl)c1O. The van der Waals surface area contributed by atoms with Crippen LogP contribution in [0.15, 0.2) is 42.5 Å². The molecule has 0 aromatic heterocycles. The van der Waals surface area contributed by atoms with Gasteiger partial charge >= 0.3 is 5.97 Å². The topological polar surface area (TPSA) is 84.9 Å². The van der Waals surface area contributed by atoms with Crippen molar-refractivity contribution in [1.82, 2.24) is 5.32 Å². The fourth-order valence-electron chi connectivity index (χ4n) is 2.10. The number of para-hydroxylation sites is 1. The van der Waals surface area contributed by atoms with Crippen molar-refractivity contribution in [2.24, 2.45) is 0 Å². The summed E-state index contributed by atoms with van der Waals surface area (Å²) >= 11 is 6.02. The molecule has 6 nitrogen and oxygen atoms in total. The minimum Gasteiger partial charge on any atom is -0.504 e. The van der Waals surface area contributed by atoms with Crippen molar-refractivity contribution < 1.29 is 24.2 Å². The number of carbonyl (C=O) groups is 2. The van der Waals surface area contributed by atoms with Crippen LogP contribution < -0.4 is 10.1 Å². The molecule has 2 N–H and O–H groups in total. The van der Waals surface area contributed by atoms with Crippen LogP contribution in [0.2, 0.25) is 5.02 Å². The Balaban J connectivity index is 1.97. The summed E-state index contributed by atoms with van der Waals surface area (Å²) in [4.78, 5) is 24.2. The van der Waals surface area contributed by atoms with Crippen molar-refractivity contribution in [3.05, 3.63) is 58.6 Å². The predicted octanol–water partition coefficient (Wildman–Crippen LogP) is 2.92. The van der Waals surface area contributed by atoms with Gasteiger partial charge in [0.1, 0.15) is 5.56 Å². The van der Waals surface area contributed by atoms with E-state index in [2.05, 4.69) is 5.32 Å². The molecule has 0 fully saturated rings. The Labute approximate surface area is 150 Å². The number of phenolic OH excluding ortho intramolecular Hbond substituents is 1. The van der Waals surface area contributed by atoms with Crippen molar-refractivity contribution in [3.8, 4) is 11.5 Å². The van der Waals surface area contributed by atoms with Crippen LogP contribution in [0.1, 0.15) is 22.8 Å². The maximum atomic E-state index is 12.1. The molecule has 1 atom stereocenters. The van der Waals surface area contributed by atoms with Crippen LogP contribution in [0.4, 0.5) is 0 Å². The van der Waals surface area contributed by atoms with Gasteiger partial charge in [0, 0.05) is 11.6 Å². The van der Waals surface area contributed by atoms with Crippen LogP contribution in [-0.4, -0.2) is 30.2 Å². The van der Waals surface area contributed by atoms with Crippen LogP contribution in [-0.2, 0) is 16.1 Å². The molecule has 0 spiro atoms. The average Bonchev–Trinajstić information content (AvgIpc) is 2.60. The van der Waals surface area contributed by atoms with Gasteiger partial charge in [-0.25, -0.2) is 4.79 Å². The minimum atomic E-state index is -1.04. The standard InChI is InChI=1S/C18H18ClNO5/c1-11(17(22)20-10-12-6-3-4-8-14(12)19)25-18(23)13-7-5-9-15(24-2)16(13)21/h3-9,11,21H,10H2,1-2H3,(H,20,22). The van der Waals surface area contributed by atoms with E-state index in [4.69, 9.17) is 21.1 Å². The van der Waals surface area contributed by atoms with Crippen molar-refractivity contribution in [3.63, 3.8) is 0 Å². The lowest BCUT2D eigenvalue weighted by Crippen LogP contribution is -2.35. The van der Waals surface area contributed by atoms with E-state index in [0.29, 0.717) is 5.02 Å². The molecule has 0 aliphatic carbocycles. The highest BCUT2D eigenvalue weighted by molar-refractivity contribution is 6.31. The van der Waals surface area contributed by atoms with Gasteiger partial charge in [-0.05, 0) is 30.7 Å². The molecule has 0 saturated heterocycles. The number of rotatable bonds is 6. The molecule has 0 bridgehead atoms. The average molecular weight is 364 g/mol. The summed E-state index contributed by atoms with van der Waals surface area (Å²) in [5.74, 6) is -1.49. The van der Waals surface area contributed by atoms with Gasteiger partial charge in [0.05, 0.1) is 7.11 Å². The quantitative estimate of drug-likeness (QED) is 0.771. The molecule has 25 heavy (non-hydrogen) atoms. The predicted molar refractivity (Wildman–Crippen MR) is 92.8 cm³/mol. The molecule has 0 aliphatic heterocycles. The summed E-state index contributed by atoms with van der Waals surface area (Å²) in [6, 6.07) is 11.5. The third kappa shape index (κ3) is 4.64. The molecule has 0 saturated carbocycles. The Bertz CT molecular complexity index is 778. The largest absolute Gasteiger partial charge is 0.504 e. The Hall–Kier alpha value is -2.73. The number of nitrogens with one attached hydrogen (secondary N) is 1. The van der Waals surface area contributed by atoms with Gasteiger partial charge in [-0.2, -0.15) is 0 Å². The van der Waals surface area contributed by atoms with E-state index >= 15 is 0 Å². The monoisotopic (exact) mass is 363 g/mol. The molecule has 2 rings (SSSR count). The maximum absolute atomic E-state index is 12.1. The number of phenols is 1. The van der Waals surface area contributed by atoms with E-state index in [9.17, 15) is 14.7 Å². The molecule has 1 amide bonds. The molecular formula is C18H18ClNO5. The number of hydrogen-bond acceptors (Lipinski definition) is 5. The number of benzene rings is 2. The van der Waals surface area contributed by atoms with E-state index < -0.39 is 18.0 Å². The van der Waals surface area contributed by atoms with Crippen molar-refractivity contribution in [2.75, 3.05) is 7.11 Å². The maximum Gasteiger partial charge on any atom is 0.342 e. The second kappa shape index (κ2) is 8.39. The van der Waals surface area contributed by atoms with Crippen LogP contribution in [0, 0.1) is 0 Å². The molecule has 7 heteroatoms. The highest BCUT2D eigenvalue weighted by Crippen LogP contribution is 2.30. The number of esters is 1. The summed E-state index contributed by atoms with van der Waals surface area (Å²) in [5.41, 5.74) is 0.673. The van der Waals surface area contributed by atoms with E-state index in [1.807, 2.05) is 6.07 Å². The first-order valence-corrected chi connectivity index (χ1v) is 7.90. The van der Waals surface area contributed by atoms with Crippen molar-refractivity contribution in [1.29, 1.82) is 0 Å². The van der Waals surface area contributed by atoms with Gasteiger partial charge in [0.2, 0.25) is 0 Å². The zero-order valence-corrected chi connectivity index (χ0v) is 14.5. The van der Waals surface area contributed by atoms with Crippen LogP contribution in [0.3, 0.4) is 0 Å². The Morgan fingerprint density at radius 1 is 1.20 bits per heavy atom. The van der Waals surface area contributed by atoms with E-state index in [1.54, 1.807) is 18.2 Å². The number of amides is 1. The lowest BCUT2D eigenvalue weighted by Gasteiger charge is -2.15. The first-order valence-electron chi connectivity index (χ1n) is 7.52. The molecule has 1 unspecified atom stereocenters. The Kier molecular flexibility index (Phi) is 6.25. The number of hydrogen-bond donors (Lipinski definition) is 2. The Morgan fingerprint density at radius 3 is 2.60 bits per heavy atom.